The zero-order chi connectivity index (χ0) is 14.4. The van der Waals surface area contributed by atoms with Crippen molar-refractivity contribution in [1.29, 1.82) is 5.26 Å². The maximum atomic E-state index is 11.6. The van der Waals surface area contributed by atoms with Crippen molar-refractivity contribution in [3.05, 3.63) is 10.6 Å². The molecule has 0 N–H and O–H groups in total. The minimum Gasteiger partial charge on any atom is -0.464 e. The first-order chi connectivity index (χ1) is 9.04. The first-order valence-electron chi connectivity index (χ1n) is 5.77. The van der Waals surface area contributed by atoms with E-state index < -0.39 is 5.97 Å². The number of ketones is 1. The van der Waals surface area contributed by atoms with Gasteiger partial charge in [-0.05, 0) is 6.92 Å². The smallest absolute Gasteiger partial charge is 0.358 e. The number of hydrogen-bond acceptors (Lipinski definition) is 7. The van der Waals surface area contributed by atoms with E-state index in [2.05, 4.69) is 15.8 Å². The van der Waals surface area contributed by atoms with Crippen LogP contribution in [-0.4, -0.2) is 36.9 Å². The van der Waals surface area contributed by atoms with E-state index in [1.165, 1.54) is 14.0 Å². The average molecular weight is 281 g/mol. The molecule has 1 aromatic heterocycles. The van der Waals surface area contributed by atoms with E-state index in [0.29, 0.717) is 24.6 Å². The SMILES string of the molecule is CCN(CCC#N)c1nc(C(=O)OC)c(C(C)=O)s1. The molecule has 102 valence electrons. The van der Waals surface area contributed by atoms with Crippen LogP contribution < -0.4 is 4.90 Å². The molecule has 0 bridgehead atoms. The van der Waals surface area contributed by atoms with E-state index in [1.807, 2.05) is 11.8 Å². The summed E-state index contributed by atoms with van der Waals surface area (Å²) in [6.45, 7) is 4.46. The van der Waals surface area contributed by atoms with Crippen molar-refractivity contribution < 1.29 is 14.3 Å². The van der Waals surface area contributed by atoms with Gasteiger partial charge in [-0.25, -0.2) is 9.78 Å². The standard InChI is InChI=1S/C12H15N3O3S/c1-4-15(7-5-6-13)12-14-9(11(17)18-3)10(19-12)8(2)16/h4-5,7H2,1-3H3. The molecule has 1 heterocycles. The highest BCUT2D eigenvalue weighted by Crippen LogP contribution is 2.27. The van der Waals surface area contributed by atoms with Crippen molar-refractivity contribution >= 4 is 28.2 Å². The maximum absolute atomic E-state index is 11.6. The summed E-state index contributed by atoms with van der Waals surface area (Å²) in [7, 11) is 1.25. The number of rotatable bonds is 6. The molecule has 0 amide bonds. The van der Waals surface area contributed by atoms with E-state index in [-0.39, 0.29) is 16.4 Å². The zero-order valence-electron chi connectivity index (χ0n) is 11.1. The molecule has 0 atom stereocenters. The lowest BCUT2D eigenvalue weighted by molar-refractivity contribution is 0.0591. The van der Waals surface area contributed by atoms with Crippen molar-refractivity contribution in [3.8, 4) is 6.07 Å². The van der Waals surface area contributed by atoms with Crippen LogP contribution in [0.1, 0.15) is 40.4 Å². The lowest BCUT2D eigenvalue weighted by Crippen LogP contribution is -2.23. The van der Waals surface area contributed by atoms with Gasteiger partial charge in [-0.1, -0.05) is 11.3 Å². The lowest BCUT2D eigenvalue weighted by Gasteiger charge is -2.17. The number of carbonyl (C=O) groups excluding carboxylic acids is 2. The Morgan fingerprint density at radius 3 is 2.68 bits per heavy atom. The largest absolute Gasteiger partial charge is 0.464 e. The summed E-state index contributed by atoms with van der Waals surface area (Å²) in [4.78, 5) is 29.4. The highest BCUT2D eigenvalue weighted by molar-refractivity contribution is 7.17. The summed E-state index contributed by atoms with van der Waals surface area (Å²) in [5.41, 5.74) is 0.0467. The number of esters is 1. The van der Waals surface area contributed by atoms with Crippen LogP contribution in [0.15, 0.2) is 0 Å². The van der Waals surface area contributed by atoms with Crippen LogP contribution in [0.25, 0.3) is 0 Å². The van der Waals surface area contributed by atoms with Crippen LogP contribution in [0, 0.1) is 11.3 Å². The van der Waals surface area contributed by atoms with Gasteiger partial charge in [0.1, 0.15) is 4.88 Å². The Labute approximate surface area is 115 Å². The number of ether oxygens (including phenoxy) is 1. The van der Waals surface area contributed by atoms with Gasteiger partial charge in [0.2, 0.25) is 0 Å². The molecule has 0 aliphatic rings. The Morgan fingerprint density at radius 2 is 2.21 bits per heavy atom. The molecular formula is C12H15N3O3S. The molecule has 0 saturated carbocycles. The molecule has 0 aliphatic heterocycles. The summed E-state index contributed by atoms with van der Waals surface area (Å²) in [5.74, 6) is -0.843. The van der Waals surface area contributed by atoms with Gasteiger partial charge in [-0.2, -0.15) is 5.26 Å². The van der Waals surface area contributed by atoms with Crippen LogP contribution in [0.2, 0.25) is 0 Å². The number of methoxy groups -OCH3 is 1. The molecule has 0 unspecified atom stereocenters. The predicted octanol–water partition coefficient (Wildman–Crippen LogP) is 1.87. The topological polar surface area (TPSA) is 83.3 Å². The van der Waals surface area contributed by atoms with Crippen LogP contribution in [-0.2, 0) is 4.74 Å². The third-order valence-electron chi connectivity index (χ3n) is 2.46. The van der Waals surface area contributed by atoms with Crippen molar-refractivity contribution in [1.82, 2.24) is 4.98 Å². The van der Waals surface area contributed by atoms with E-state index in [0.717, 1.165) is 11.3 Å². The third-order valence-corrected chi connectivity index (χ3v) is 3.68. The normalized spacial score (nSPS) is 9.79. The van der Waals surface area contributed by atoms with Gasteiger partial charge in [0.05, 0.1) is 19.6 Å². The van der Waals surface area contributed by atoms with Gasteiger partial charge in [-0.15, -0.1) is 0 Å². The van der Waals surface area contributed by atoms with E-state index >= 15 is 0 Å². The fourth-order valence-corrected chi connectivity index (χ4v) is 2.53. The Hall–Kier alpha value is -1.94. The second-order valence-corrected chi connectivity index (χ2v) is 4.69. The quantitative estimate of drug-likeness (QED) is 0.584. The van der Waals surface area contributed by atoms with Crippen LogP contribution in [0.5, 0.6) is 0 Å². The van der Waals surface area contributed by atoms with E-state index in [1.54, 1.807) is 0 Å². The first kappa shape index (κ1) is 15.1. The van der Waals surface area contributed by atoms with Crippen LogP contribution in [0.3, 0.4) is 0 Å². The molecule has 0 radical (unpaired) electrons. The Morgan fingerprint density at radius 1 is 1.53 bits per heavy atom. The van der Waals surface area contributed by atoms with Gasteiger partial charge in [0.25, 0.3) is 0 Å². The molecule has 0 fully saturated rings. The van der Waals surface area contributed by atoms with Gasteiger partial charge in [0.15, 0.2) is 16.6 Å². The number of carbonyl (C=O) groups is 2. The predicted molar refractivity (Wildman–Crippen MR) is 71.6 cm³/mol. The van der Waals surface area contributed by atoms with Crippen molar-refractivity contribution in [3.63, 3.8) is 0 Å². The van der Waals surface area contributed by atoms with Gasteiger partial charge in [0, 0.05) is 20.0 Å². The molecule has 7 heteroatoms. The summed E-state index contributed by atoms with van der Waals surface area (Å²) < 4.78 is 4.62. The van der Waals surface area contributed by atoms with Crippen molar-refractivity contribution in [2.45, 2.75) is 20.3 Å². The molecule has 6 nitrogen and oxygen atoms in total. The molecule has 0 aromatic carbocycles. The second-order valence-electron chi connectivity index (χ2n) is 3.71. The fraction of sp³-hybridized carbons (Fsp3) is 0.500. The van der Waals surface area contributed by atoms with Gasteiger partial charge >= 0.3 is 5.97 Å². The number of nitriles is 1. The second kappa shape index (κ2) is 6.85. The fourth-order valence-electron chi connectivity index (χ4n) is 1.49. The van der Waals surface area contributed by atoms with Crippen molar-refractivity contribution in [2.24, 2.45) is 0 Å². The number of anilines is 1. The molecule has 19 heavy (non-hydrogen) atoms. The van der Waals surface area contributed by atoms with Gasteiger partial charge < -0.3 is 9.64 Å². The number of Topliss-reactive ketones (excluding diaryl/α,β-unsaturated/α-hetero) is 1. The Balaban J connectivity index is 3.12. The van der Waals surface area contributed by atoms with Gasteiger partial charge in [-0.3, -0.25) is 4.79 Å². The van der Waals surface area contributed by atoms with E-state index in [9.17, 15) is 9.59 Å². The summed E-state index contributed by atoms with van der Waals surface area (Å²) in [6.07, 6.45) is 0.358. The molecule has 1 aromatic rings. The summed E-state index contributed by atoms with van der Waals surface area (Å²) >= 11 is 1.15. The maximum Gasteiger partial charge on any atom is 0.358 e. The summed E-state index contributed by atoms with van der Waals surface area (Å²) in [6, 6.07) is 2.06. The van der Waals surface area contributed by atoms with Crippen molar-refractivity contribution in [2.75, 3.05) is 25.1 Å². The van der Waals surface area contributed by atoms with Crippen LogP contribution >= 0.6 is 11.3 Å². The van der Waals surface area contributed by atoms with Crippen LogP contribution in [0.4, 0.5) is 5.13 Å². The monoisotopic (exact) mass is 281 g/mol. The van der Waals surface area contributed by atoms with E-state index in [4.69, 9.17) is 5.26 Å². The summed E-state index contributed by atoms with van der Waals surface area (Å²) in [5, 5.41) is 9.17. The average Bonchev–Trinajstić information content (AvgIpc) is 2.84. The Kier molecular flexibility index (Phi) is 5.45. The molecule has 0 aliphatic carbocycles. The zero-order valence-corrected chi connectivity index (χ0v) is 11.9. The molecule has 0 saturated heterocycles. The lowest BCUT2D eigenvalue weighted by atomic mass is 10.3. The minimum absolute atomic E-state index is 0.0467. The third kappa shape index (κ3) is 3.51. The minimum atomic E-state index is -0.621. The Bertz CT molecular complexity index is 519. The number of aromatic nitrogens is 1. The number of hydrogen-bond donors (Lipinski definition) is 0. The highest BCUT2D eigenvalue weighted by Gasteiger charge is 2.23. The molecule has 0 spiro atoms. The number of nitrogens with zero attached hydrogens (tertiary/aromatic N) is 3. The number of thiazole rings is 1. The highest BCUT2D eigenvalue weighted by atomic mass is 32.1. The first-order valence-corrected chi connectivity index (χ1v) is 6.58. The molecular weight excluding hydrogens is 266 g/mol. The molecule has 1 rings (SSSR count).